The highest BCUT2D eigenvalue weighted by atomic mass is 32.2. The van der Waals surface area contributed by atoms with Crippen molar-refractivity contribution in [1.29, 1.82) is 0 Å². The molecule has 0 aliphatic carbocycles. The highest BCUT2D eigenvalue weighted by Crippen LogP contribution is 2.32. The Morgan fingerprint density at radius 2 is 1.66 bits per heavy atom. The van der Waals surface area contributed by atoms with Crippen molar-refractivity contribution in [2.75, 3.05) is 6.54 Å². The molecule has 38 heavy (non-hydrogen) atoms. The monoisotopic (exact) mass is 547 g/mol. The molecule has 1 aliphatic heterocycles. The van der Waals surface area contributed by atoms with Gasteiger partial charge in [0.2, 0.25) is 0 Å². The van der Waals surface area contributed by atoms with Gasteiger partial charge in [0.25, 0.3) is 10.1 Å². The Labute approximate surface area is 218 Å². The van der Waals surface area contributed by atoms with Crippen molar-refractivity contribution in [2.45, 2.75) is 37.4 Å². The molecule has 3 N–H and O–H groups in total. The molecule has 2 aromatic carbocycles. The Hall–Kier alpha value is -3.48. The van der Waals surface area contributed by atoms with E-state index in [1.807, 2.05) is 25.3 Å². The zero-order valence-electron chi connectivity index (χ0n) is 20.9. The third-order valence-corrected chi connectivity index (χ3v) is 7.26. The van der Waals surface area contributed by atoms with Gasteiger partial charge in [0.05, 0.1) is 16.3 Å². The standard InChI is InChI=1S/C19H20F3N5.C7H8O3S/c1-26-17(19(20,21)22)8-15(25-26)13-3-5-14(6-4-13)16-11-27-10-12(9-23)2-7-18(27)24-16;1-6-2-4-7(5-3-6)11(8,9)10/h3-6,8,11-12H,2,7,9-10,23H2,1H3;2-5H,1H3,(H,8,9,10). The second-order valence-corrected chi connectivity index (χ2v) is 10.7. The first-order valence-corrected chi connectivity index (χ1v) is 13.3. The smallest absolute Gasteiger partial charge is 0.334 e. The van der Waals surface area contributed by atoms with Crippen LogP contribution in [0.2, 0.25) is 0 Å². The minimum absolute atomic E-state index is 0.0666. The van der Waals surface area contributed by atoms with E-state index in [-0.39, 0.29) is 4.90 Å². The van der Waals surface area contributed by atoms with E-state index in [9.17, 15) is 21.6 Å². The fraction of sp³-hybridized carbons (Fsp3) is 0.308. The minimum atomic E-state index is -4.42. The molecule has 8 nitrogen and oxygen atoms in total. The number of aryl methyl sites for hydroxylation is 3. The zero-order valence-corrected chi connectivity index (χ0v) is 21.7. The summed E-state index contributed by atoms with van der Waals surface area (Å²) in [5.74, 6) is 1.53. The molecular formula is C26H28F3N5O3S. The first-order valence-electron chi connectivity index (χ1n) is 11.9. The number of nitrogens with zero attached hydrogens (tertiary/aromatic N) is 4. The van der Waals surface area contributed by atoms with Gasteiger partial charge in [0, 0.05) is 37.3 Å². The predicted molar refractivity (Wildman–Crippen MR) is 137 cm³/mol. The number of alkyl halides is 3. The number of aromatic nitrogens is 4. The summed E-state index contributed by atoms with van der Waals surface area (Å²) in [6.45, 7) is 3.39. The number of hydrogen-bond donors (Lipinski definition) is 2. The van der Waals surface area contributed by atoms with Gasteiger partial charge in [-0.2, -0.15) is 26.7 Å². The van der Waals surface area contributed by atoms with E-state index in [0.717, 1.165) is 52.8 Å². The van der Waals surface area contributed by atoms with E-state index in [1.54, 1.807) is 24.3 Å². The van der Waals surface area contributed by atoms with Crippen LogP contribution in [0.15, 0.2) is 65.7 Å². The maximum absolute atomic E-state index is 12.9. The number of hydrogen-bond acceptors (Lipinski definition) is 5. The van der Waals surface area contributed by atoms with Crippen LogP contribution in [0, 0.1) is 12.8 Å². The molecule has 12 heteroatoms. The van der Waals surface area contributed by atoms with Gasteiger partial charge in [-0.25, -0.2) is 4.98 Å². The van der Waals surface area contributed by atoms with Crippen LogP contribution in [0.25, 0.3) is 22.5 Å². The molecule has 1 atom stereocenters. The number of imidazole rings is 1. The van der Waals surface area contributed by atoms with E-state index in [1.165, 1.54) is 19.2 Å². The van der Waals surface area contributed by atoms with Crippen molar-refractivity contribution in [1.82, 2.24) is 19.3 Å². The number of nitrogens with two attached hydrogens (primary N) is 1. The lowest BCUT2D eigenvalue weighted by Gasteiger charge is -2.21. The van der Waals surface area contributed by atoms with Crippen molar-refractivity contribution in [3.05, 3.63) is 77.9 Å². The summed E-state index contributed by atoms with van der Waals surface area (Å²) in [7, 11) is -2.72. The minimum Gasteiger partial charge on any atom is -0.334 e. The van der Waals surface area contributed by atoms with Gasteiger partial charge in [-0.1, -0.05) is 42.0 Å². The Morgan fingerprint density at radius 1 is 1.05 bits per heavy atom. The van der Waals surface area contributed by atoms with E-state index in [2.05, 4.69) is 9.67 Å². The molecule has 2 aromatic heterocycles. The molecule has 202 valence electrons. The van der Waals surface area contributed by atoms with E-state index < -0.39 is 22.0 Å². The predicted octanol–water partition coefficient (Wildman–Crippen LogP) is 4.73. The summed E-state index contributed by atoms with van der Waals surface area (Å²) in [5, 5.41) is 3.99. The van der Waals surface area contributed by atoms with Gasteiger partial charge < -0.3 is 10.3 Å². The van der Waals surface area contributed by atoms with Crippen molar-refractivity contribution < 1.29 is 26.1 Å². The van der Waals surface area contributed by atoms with Crippen molar-refractivity contribution in [2.24, 2.45) is 18.7 Å². The molecule has 0 saturated heterocycles. The summed E-state index contributed by atoms with van der Waals surface area (Å²) in [6, 6.07) is 14.3. The molecule has 1 aliphatic rings. The van der Waals surface area contributed by atoms with Gasteiger partial charge in [-0.15, -0.1) is 0 Å². The maximum atomic E-state index is 12.9. The van der Waals surface area contributed by atoms with Crippen molar-refractivity contribution in [3.63, 3.8) is 0 Å². The summed E-state index contributed by atoms with van der Waals surface area (Å²) in [5.41, 5.74) is 8.70. The summed E-state index contributed by atoms with van der Waals surface area (Å²) in [6.07, 6.45) is -0.438. The van der Waals surface area contributed by atoms with Crippen LogP contribution in [-0.4, -0.2) is 38.8 Å². The lowest BCUT2D eigenvalue weighted by molar-refractivity contribution is -0.143. The van der Waals surface area contributed by atoms with E-state index >= 15 is 0 Å². The number of fused-ring (bicyclic) bond motifs is 1. The third-order valence-electron chi connectivity index (χ3n) is 6.39. The lowest BCUT2D eigenvalue weighted by Crippen LogP contribution is -2.25. The van der Waals surface area contributed by atoms with Crippen LogP contribution in [0.1, 0.15) is 23.5 Å². The van der Waals surface area contributed by atoms with Gasteiger partial charge in [0.1, 0.15) is 11.5 Å². The Morgan fingerprint density at radius 3 is 2.18 bits per heavy atom. The molecule has 0 bridgehead atoms. The molecular weight excluding hydrogens is 519 g/mol. The van der Waals surface area contributed by atoms with Crippen molar-refractivity contribution >= 4 is 10.1 Å². The van der Waals surface area contributed by atoms with E-state index in [4.69, 9.17) is 15.3 Å². The SMILES string of the molecule is Cc1ccc(S(=O)(=O)O)cc1.Cn1nc(-c2ccc(-c3cn4c(n3)CCC(CN)C4)cc2)cc1C(F)(F)F. The second kappa shape index (κ2) is 10.7. The van der Waals surface area contributed by atoms with Crippen molar-refractivity contribution in [3.8, 4) is 22.5 Å². The Balaban J connectivity index is 0.000000257. The molecule has 5 rings (SSSR count). The number of halogens is 3. The maximum Gasteiger partial charge on any atom is 0.433 e. The fourth-order valence-corrected chi connectivity index (χ4v) is 4.72. The second-order valence-electron chi connectivity index (χ2n) is 9.24. The molecule has 0 fully saturated rings. The highest BCUT2D eigenvalue weighted by molar-refractivity contribution is 7.85. The van der Waals surface area contributed by atoms with Gasteiger partial charge in [0.15, 0.2) is 0 Å². The molecule has 0 spiro atoms. The normalized spacial score (nSPS) is 15.5. The number of rotatable bonds is 4. The molecule has 0 amide bonds. The summed E-state index contributed by atoms with van der Waals surface area (Å²) >= 11 is 0. The zero-order chi connectivity index (χ0) is 27.7. The number of benzene rings is 2. The van der Waals surface area contributed by atoms with Gasteiger partial charge in [-0.3, -0.25) is 9.23 Å². The largest absolute Gasteiger partial charge is 0.433 e. The van der Waals surface area contributed by atoms with Crippen LogP contribution < -0.4 is 5.73 Å². The average molecular weight is 548 g/mol. The summed E-state index contributed by atoms with van der Waals surface area (Å²) < 4.78 is 71.4. The molecule has 0 radical (unpaired) electrons. The topological polar surface area (TPSA) is 116 Å². The third kappa shape index (κ3) is 6.32. The molecule has 3 heterocycles. The van der Waals surface area contributed by atoms with Crippen LogP contribution >= 0.6 is 0 Å². The quantitative estimate of drug-likeness (QED) is 0.357. The van der Waals surface area contributed by atoms with Crippen LogP contribution in [-0.2, 0) is 36.3 Å². The fourth-order valence-electron chi connectivity index (χ4n) is 4.24. The van der Waals surface area contributed by atoms with E-state index in [0.29, 0.717) is 23.7 Å². The molecule has 4 aromatic rings. The first kappa shape index (κ1) is 27.6. The van der Waals surface area contributed by atoms with Crippen LogP contribution in [0.5, 0.6) is 0 Å². The summed E-state index contributed by atoms with van der Waals surface area (Å²) in [4.78, 5) is 4.63. The molecule has 1 unspecified atom stereocenters. The molecule has 0 saturated carbocycles. The Bertz CT molecular complexity index is 1510. The highest BCUT2D eigenvalue weighted by Gasteiger charge is 2.35. The van der Waals surface area contributed by atoms with Gasteiger partial charge >= 0.3 is 6.18 Å². The van der Waals surface area contributed by atoms with Crippen LogP contribution in [0.4, 0.5) is 13.2 Å². The van der Waals surface area contributed by atoms with Gasteiger partial charge in [-0.05, 0) is 44.0 Å². The first-order chi connectivity index (χ1) is 17.8. The Kier molecular flexibility index (Phi) is 7.77. The average Bonchev–Trinajstić information content (AvgIpc) is 3.47. The lowest BCUT2D eigenvalue weighted by atomic mass is 10.00. The van der Waals surface area contributed by atoms with Crippen LogP contribution in [0.3, 0.4) is 0 Å².